The molecule has 5 aromatic rings. The molecule has 6 rings (SSSR count). The van der Waals surface area contributed by atoms with Crippen molar-refractivity contribution in [2.45, 2.75) is 20.2 Å². The number of amides is 1. The van der Waals surface area contributed by atoms with Gasteiger partial charge in [-0.2, -0.15) is 9.47 Å². The van der Waals surface area contributed by atoms with E-state index in [0.29, 0.717) is 22.1 Å². The fourth-order valence-corrected chi connectivity index (χ4v) is 6.00. The maximum Gasteiger partial charge on any atom is 0.573 e. The summed E-state index contributed by atoms with van der Waals surface area (Å²) in [6.07, 6.45) is 0.429. The van der Waals surface area contributed by atoms with E-state index in [4.69, 9.17) is 0 Å². The Morgan fingerprint density at radius 3 is 2.62 bits per heavy atom. The number of anilines is 1. The van der Waals surface area contributed by atoms with Gasteiger partial charge in [0.2, 0.25) is 5.91 Å². The third-order valence-corrected chi connectivity index (χ3v) is 7.98. The van der Waals surface area contributed by atoms with Gasteiger partial charge in [-0.1, -0.05) is 17.8 Å². The highest BCUT2D eigenvalue weighted by Gasteiger charge is 2.33. The number of nitrogens with zero attached hydrogens (tertiary/aromatic N) is 6. The molecule has 0 N–H and O–H groups in total. The first-order chi connectivity index (χ1) is 19.2. The van der Waals surface area contributed by atoms with Gasteiger partial charge in [0.1, 0.15) is 11.4 Å². The number of hydrogen-bond acceptors (Lipinski definition) is 8. The number of aromatic nitrogens is 3. The molecular weight excluding hydrogens is 561 g/mol. The lowest BCUT2D eigenvalue weighted by molar-refractivity contribution is -0.274. The number of halogens is 3. The van der Waals surface area contributed by atoms with Crippen molar-refractivity contribution in [1.82, 2.24) is 13.8 Å². The van der Waals surface area contributed by atoms with Crippen molar-refractivity contribution < 1.29 is 22.7 Å². The van der Waals surface area contributed by atoms with Gasteiger partial charge in [0.15, 0.2) is 5.17 Å². The molecule has 0 bridgehead atoms. The standard InChI is InChI=1S/C27H19F3N6O2S2/c1-15-24(16(2)40-34-15)36-23(37)14-39-26(36)33-32-12-17-3-8-21-19(11-17)9-10-35-22(13-31-25(21)35)18-4-6-20(7-5-18)38-27(28,29)30/h3-13H,14H2,1-2H3. The molecule has 13 heteroatoms. The summed E-state index contributed by atoms with van der Waals surface area (Å²) in [4.78, 5) is 19.6. The number of ether oxygens (including phenoxy) is 1. The van der Waals surface area contributed by atoms with E-state index in [0.717, 1.165) is 38.3 Å². The molecule has 1 fully saturated rings. The molecule has 202 valence electrons. The minimum atomic E-state index is -4.74. The summed E-state index contributed by atoms with van der Waals surface area (Å²) in [7, 11) is 0. The Labute approximate surface area is 234 Å². The summed E-state index contributed by atoms with van der Waals surface area (Å²) in [5.41, 5.74) is 4.51. The average molecular weight is 581 g/mol. The van der Waals surface area contributed by atoms with Gasteiger partial charge in [-0.3, -0.25) is 14.1 Å². The lowest BCUT2D eigenvalue weighted by Crippen LogP contribution is -2.29. The van der Waals surface area contributed by atoms with E-state index in [1.165, 1.54) is 35.4 Å². The van der Waals surface area contributed by atoms with Crippen molar-refractivity contribution in [2.24, 2.45) is 10.2 Å². The van der Waals surface area contributed by atoms with Crippen LogP contribution in [0.2, 0.25) is 0 Å². The summed E-state index contributed by atoms with van der Waals surface area (Å²) < 4.78 is 47.6. The molecule has 40 heavy (non-hydrogen) atoms. The molecule has 2 aromatic carbocycles. The zero-order chi connectivity index (χ0) is 28.0. The van der Waals surface area contributed by atoms with E-state index < -0.39 is 6.36 Å². The van der Waals surface area contributed by atoms with Gasteiger partial charge in [-0.05, 0) is 78.8 Å². The van der Waals surface area contributed by atoms with Gasteiger partial charge in [0, 0.05) is 22.0 Å². The molecule has 0 radical (unpaired) electrons. The first kappa shape index (κ1) is 26.0. The van der Waals surface area contributed by atoms with Crippen molar-refractivity contribution in [3.05, 3.63) is 77.1 Å². The smallest absolute Gasteiger partial charge is 0.406 e. The SMILES string of the molecule is Cc1nsc(C)c1N1C(=O)CSC1=NN=Cc1ccc2c(ccn3c(-c4ccc(OC(F)(F)F)cc4)cnc23)c1. The van der Waals surface area contributed by atoms with Gasteiger partial charge in [-0.15, -0.1) is 18.3 Å². The van der Waals surface area contributed by atoms with E-state index in [-0.39, 0.29) is 11.7 Å². The molecule has 1 amide bonds. The van der Waals surface area contributed by atoms with Crippen LogP contribution in [0.25, 0.3) is 27.7 Å². The van der Waals surface area contributed by atoms with Crippen molar-refractivity contribution in [3.8, 4) is 17.0 Å². The number of aryl methyl sites for hydroxylation is 2. The predicted octanol–water partition coefficient (Wildman–Crippen LogP) is 6.60. The lowest BCUT2D eigenvalue weighted by Gasteiger charge is -2.15. The van der Waals surface area contributed by atoms with Gasteiger partial charge < -0.3 is 4.74 Å². The number of pyridine rings is 1. The van der Waals surface area contributed by atoms with E-state index in [1.54, 1.807) is 29.4 Å². The zero-order valence-corrected chi connectivity index (χ0v) is 22.6. The molecule has 1 aliphatic rings. The molecule has 1 aliphatic heterocycles. The highest BCUT2D eigenvalue weighted by atomic mass is 32.2. The fourth-order valence-electron chi connectivity index (χ4n) is 4.51. The minimum absolute atomic E-state index is 0.0512. The number of alkyl halides is 3. The van der Waals surface area contributed by atoms with Crippen molar-refractivity contribution >= 4 is 62.7 Å². The number of carbonyl (C=O) groups excluding carboxylic acids is 1. The van der Waals surface area contributed by atoms with E-state index in [2.05, 4.69) is 24.3 Å². The molecule has 0 spiro atoms. The third-order valence-electron chi connectivity index (χ3n) is 6.24. The molecule has 0 unspecified atom stereocenters. The Balaban J connectivity index is 1.26. The Morgan fingerprint density at radius 1 is 1.10 bits per heavy atom. The second kappa shape index (κ2) is 10.1. The summed E-state index contributed by atoms with van der Waals surface area (Å²) in [5, 5.41) is 10.9. The van der Waals surface area contributed by atoms with Crippen molar-refractivity contribution in [1.29, 1.82) is 0 Å². The molecule has 4 heterocycles. The Hall–Kier alpha value is -4.23. The van der Waals surface area contributed by atoms with Crippen LogP contribution in [0.4, 0.5) is 18.9 Å². The highest BCUT2D eigenvalue weighted by Crippen LogP contribution is 2.34. The number of imidazole rings is 1. The fraction of sp³-hybridized carbons (Fsp3) is 0.148. The predicted molar refractivity (Wildman–Crippen MR) is 151 cm³/mol. The number of amidine groups is 1. The maximum atomic E-state index is 12.5. The van der Waals surface area contributed by atoms with E-state index >= 15 is 0 Å². The van der Waals surface area contributed by atoms with Crippen LogP contribution >= 0.6 is 23.3 Å². The summed E-state index contributed by atoms with van der Waals surface area (Å²) in [6.45, 7) is 3.79. The number of benzene rings is 2. The summed E-state index contributed by atoms with van der Waals surface area (Å²) in [6, 6.07) is 13.4. The summed E-state index contributed by atoms with van der Waals surface area (Å²) >= 11 is 2.69. The largest absolute Gasteiger partial charge is 0.573 e. The third kappa shape index (κ3) is 4.93. The molecule has 3 aromatic heterocycles. The molecule has 1 saturated heterocycles. The molecule has 0 atom stereocenters. The van der Waals surface area contributed by atoms with Gasteiger partial charge in [0.05, 0.1) is 35.2 Å². The van der Waals surface area contributed by atoms with Crippen LogP contribution in [0, 0.1) is 13.8 Å². The first-order valence-corrected chi connectivity index (χ1v) is 13.7. The number of carbonyl (C=O) groups is 1. The molecule has 0 aliphatic carbocycles. The quantitative estimate of drug-likeness (QED) is 0.173. The van der Waals surface area contributed by atoms with Crippen LogP contribution in [0.1, 0.15) is 16.1 Å². The van der Waals surface area contributed by atoms with Crippen LogP contribution in [0.15, 0.2) is 71.1 Å². The van der Waals surface area contributed by atoms with Crippen LogP contribution < -0.4 is 9.64 Å². The lowest BCUT2D eigenvalue weighted by atomic mass is 10.1. The monoisotopic (exact) mass is 580 g/mol. The number of fused-ring (bicyclic) bond motifs is 3. The van der Waals surface area contributed by atoms with E-state index in [1.807, 2.05) is 48.7 Å². The molecular formula is C27H19F3N6O2S2. The van der Waals surface area contributed by atoms with Gasteiger partial charge in [-0.25, -0.2) is 4.98 Å². The van der Waals surface area contributed by atoms with Crippen LogP contribution in [-0.4, -0.2) is 43.2 Å². The highest BCUT2D eigenvalue weighted by molar-refractivity contribution is 8.15. The zero-order valence-electron chi connectivity index (χ0n) is 21.0. The second-order valence-electron chi connectivity index (χ2n) is 8.89. The Bertz CT molecular complexity index is 1810. The Morgan fingerprint density at radius 2 is 1.90 bits per heavy atom. The number of rotatable bonds is 5. The first-order valence-electron chi connectivity index (χ1n) is 11.9. The maximum absolute atomic E-state index is 12.5. The minimum Gasteiger partial charge on any atom is -0.406 e. The van der Waals surface area contributed by atoms with Crippen molar-refractivity contribution in [2.75, 3.05) is 10.7 Å². The van der Waals surface area contributed by atoms with Crippen LogP contribution in [0.5, 0.6) is 5.75 Å². The number of thioether (sulfide) groups is 1. The normalized spacial score (nSPS) is 15.4. The second-order valence-corrected chi connectivity index (χ2v) is 10.8. The van der Waals surface area contributed by atoms with E-state index in [9.17, 15) is 18.0 Å². The van der Waals surface area contributed by atoms with Crippen LogP contribution in [-0.2, 0) is 4.79 Å². The average Bonchev–Trinajstić information content (AvgIpc) is 3.60. The van der Waals surface area contributed by atoms with Gasteiger partial charge in [0.25, 0.3) is 0 Å². The summed E-state index contributed by atoms with van der Waals surface area (Å²) in [5.74, 6) is -0.0357. The molecule has 8 nitrogen and oxygen atoms in total. The topological polar surface area (TPSA) is 84.5 Å². The van der Waals surface area contributed by atoms with Crippen LogP contribution in [0.3, 0.4) is 0 Å². The molecule has 0 saturated carbocycles. The Kier molecular flexibility index (Phi) is 6.55. The van der Waals surface area contributed by atoms with Gasteiger partial charge >= 0.3 is 6.36 Å². The van der Waals surface area contributed by atoms with Crippen molar-refractivity contribution in [3.63, 3.8) is 0 Å². The number of hydrogen-bond donors (Lipinski definition) is 0.